The Labute approximate surface area is 142 Å². The summed E-state index contributed by atoms with van der Waals surface area (Å²) in [6, 6.07) is 3.37. The summed E-state index contributed by atoms with van der Waals surface area (Å²) in [5.41, 5.74) is 1.68. The number of halogens is 3. The van der Waals surface area contributed by atoms with Crippen LogP contribution in [0.15, 0.2) is 12.1 Å². The normalized spacial score (nSPS) is 16.7. The first-order valence-electron chi connectivity index (χ1n) is 7.31. The van der Waals surface area contributed by atoms with Crippen molar-refractivity contribution in [3.63, 3.8) is 0 Å². The summed E-state index contributed by atoms with van der Waals surface area (Å²) < 4.78 is 16.5. The second-order valence-corrected chi connectivity index (χ2v) is 6.90. The Morgan fingerprint density at radius 3 is 2.67 bits per heavy atom. The van der Waals surface area contributed by atoms with Gasteiger partial charge < -0.3 is 9.47 Å². The highest BCUT2D eigenvalue weighted by Gasteiger charge is 2.15. The van der Waals surface area contributed by atoms with Crippen LogP contribution in [0.2, 0.25) is 0 Å². The van der Waals surface area contributed by atoms with Crippen LogP contribution in [0.3, 0.4) is 0 Å². The third-order valence-electron chi connectivity index (χ3n) is 4.08. The van der Waals surface area contributed by atoms with Gasteiger partial charge in [0.05, 0.1) is 20.5 Å². The van der Waals surface area contributed by atoms with E-state index in [1.54, 1.807) is 12.1 Å². The number of nitrogens with zero attached hydrogens (tertiary/aromatic N) is 3. The molecule has 1 aromatic heterocycles. The largest absolute Gasteiger partial charge is 0.326 e. The molecule has 0 N–H and O–H groups in total. The number of benzene rings is 1. The van der Waals surface area contributed by atoms with Gasteiger partial charge >= 0.3 is 0 Å². The summed E-state index contributed by atoms with van der Waals surface area (Å²) >= 11 is 8.01. The molecule has 1 aromatic carbocycles. The SMILES string of the molecule is Fc1cc2c(cc1I)nc(CCl)n2CCN1CCCCC1. The van der Waals surface area contributed by atoms with E-state index in [1.165, 1.54) is 19.3 Å². The van der Waals surface area contributed by atoms with E-state index in [0.29, 0.717) is 9.45 Å². The van der Waals surface area contributed by atoms with E-state index >= 15 is 0 Å². The van der Waals surface area contributed by atoms with Crippen molar-refractivity contribution in [1.29, 1.82) is 0 Å². The summed E-state index contributed by atoms with van der Waals surface area (Å²) in [7, 11) is 0. The molecular weight excluding hydrogens is 404 g/mol. The average molecular weight is 422 g/mol. The van der Waals surface area contributed by atoms with Crippen LogP contribution in [0.5, 0.6) is 0 Å². The number of hydrogen-bond donors (Lipinski definition) is 0. The first-order valence-corrected chi connectivity index (χ1v) is 8.93. The summed E-state index contributed by atoms with van der Waals surface area (Å²) in [6.45, 7) is 4.12. The van der Waals surface area contributed by atoms with E-state index in [2.05, 4.69) is 14.5 Å². The Kier molecular flexibility index (Phi) is 5.01. The number of piperidine rings is 1. The number of rotatable bonds is 4. The molecule has 0 saturated carbocycles. The quantitative estimate of drug-likeness (QED) is 0.549. The fraction of sp³-hybridized carbons (Fsp3) is 0.533. The topological polar surface area (TPSA) is 21.1 Å². The first kappa shape index (κ1) is 15.5. The van der Waals surface area contributed by atoms with Crippen LogP contribution in [0.1, 0.15) is 25.1 Å². The lowest BCUT2D eigenvalue weighted by atomic mass is 10.1. The van der Waals surface area contributed by atoms with Gasteiger partial charge in [0, 0.05) is 19.2 Å². The van der Waals surface area contributed by atoms with Crippen molar-refractivity contribution >= 4 is 45.2 Å². The van der Waals surface area contributed by atoms with Gasteiger partial charge in [0.1, 0.15) is 11.6 Å². The van der Waals surface area contributed by atoms with E-state index in [-0.39, 0.29) is 5.82 Å². The number of fused-ring (bicyclic) bond motifs is 1. The second kappa shape index (κ2) is 6.79. The van der Waals surface area contributed by atoms with Gasteiger partial charge in [-0.2, -0.15) is 0 Å². The van der Waals surface area contributed by atoms with Crippen molar-refractivity contribution in [3.8, 4) is 0 Å². The molecule has 3 nitrogen and oxygen atoms in total. The highest BCUT2D eigenvalue weighted by Crippen LogP contribution is 2.23. The minimum Gasteiger partial charge on any atom is -0.326 e. The molecule has 0 unspecified atom stereocenters. The van der Waals surface area contributed by atoms with E-state index in [9.17, 15) is 4.39 Å². The van der Waals surface area contributed by atoms with Crippen molar-refractivity contribution in [2.45, 2.75) is 31.7 Å². The Bertz CT molecular complexity index is 637. The number of alkyl halides is 1. The van der Waals surface area contributed by atoms with Gasteiger partial charge in [-0.15, -0.1) is 11.6 Å². The molecule has 3 rings (SSSR count). The maximum absolute atomic E-state index is 13.8. The summed E-state index contributed by atoms with van der Waals surface area (Å²) in [5, 5.41) is 0. The molecule has 0 spiro atoms. The van der Waals surface area contributed by atoms with Crippen LogP contribution >= 0.6 is 34.2 Å². The average Bonchev–Trinajstić information content (AvgIpc) is 2.83. The maximum atomic E-state index is 13.8. The van der Waals surface area contributed by atoms with Gasteiger partial charge in [-0.05, 0) is 54.6 Å². The molecule has 0 bridgehead atoms. The maximum Gasteiger partial charge on any atom is 0.138 e. The molecule has 1 aliphatic heterocycles. The standard InChI is InChI=1S/C15H18ClFIN3/c16-10-15-19-13-9-12(18)11(17)8-14(13)21(15)7-6-20-4-2-1-3-5-20/h8-9H,1-7,10H2. The minimum absolute atomic E-state index is 0.191. The van der Waals surface area contributed by atoms with E-state index in [4.69, 9.17) is 11.6 Å². The Morgan fingerprint density at radius 2 is 1.95 bits per heavy atom. The minimum atomic E-state index is -0.191. The number of hydrogen-bond acceptors (Lipinski definition) is 2. The van der Waals surface area contributed by atoms with Gasteiger partial charge in [0.25, 0.3) is 0 Å². The van der Waals surface area contributed by atoms with Crippen molar-refractivity contribution in [2.24, 2.45) is 0 Å². The van der Waals surface area contributed by atoms with Gasteiger partial charge in [-0.1, -0.05) is 6.42 Å². The fourth-order valence-electron chi connectivity index (χ4n) is 2.95. The lowest BCUT2D eigenvalue weighted by Crippen LogP contribution is -2.32. The predicted molar refractivity (Wildman–Crippen MR) is 92.3 cm³/mol. The van der Waals surface area contributed by atoms with Crippen molar-refractivity contribution in [1.82, 2.24) is 14.5 Å². The molecule has 0 atom stereocenters. The van der Waals surface area contributed by atoms with Crippen LogP contribution in [0.4, 0.5) is 4.39 Å². The molecule has 0 radical (unpaired) electrons. The molecule has 1 aliphatic rings. The molecule has 114 valence electrons. The van der Waals surface area contributed by atoms with Gasteiger partial charge in [0.15, 0.2) is 0 Å². The zero-order chi connectivity index (χ0) is 14.8. The molecule has 0 amide bonds. The highest BCUT2D eigenvalue weighted by molar-refractivity contribution is 14.1. The van der Waals surface area contributed by atoms with Gasteiger partial charge in [-0.3, -0.25) is 0 Å². The molecule has 2 aromatic rings. The molecule has 0 aliphatic carbocycles. The Balaban J connectivity index is 1.86. The van der Waals surface area contributed by atoms with Crippen LogP contribution in [-0.2, 0) is 12.4 Å². The van der Waals surface area contributed by atoms with E-state index in [1.807, 2.05) is 22.6 Å². The number of likely N-dealkylation sites (tertiary alicyclic amines) is 1. The first-order chi connectivity index (χ1) is 10.2. The van der Waals surface area contributed by atoms with E-state index < -0.39 is 0 Å². The zero-order valence-corrected chi connectivity index (χ0v) is 14.7. The zero-order valence-electron chi connectivity index (χ0n) is 11.8. The summed E-state index contributed by atoms with van der Waals surface area (Å²) in [6.07, 6.45) is 3.89. The lowest BCUT2D eigenvalue weighted by Gasteiger charge is -2.26. The van der Waals surface area contributed by atoms with Crippen LogP contribution in [-0.4, -0.2) is 34.1 Å². The molecule has 21 heavy (non-hydrogen) atoms. The molecule has 1 saturated heterocycles. The molecular formula is C15H18ClFIN3. The third kappa shape index (κ3) is 3.35. The number of imidazole rings is 1. The third-order valence-corrected chi connectivity index (χ3v) is 5.14. The highest BCUT2D eigenvalue weighted by atomic mass is 127. The van der Waals surface area contributed by atoms with Crippen molar-refractivity contribution in [2.75, 3.05) is 19.6 Å². The lowest BCUT2D eigenvalue weighted by molar-refractivity contribution is 0.221. The summed E-state index contributed by atoms with van der Waals surface area (Å²) in [4.78, 5) is 7.01. The molecule has 6 heteroatoms. The summed E-state index contributed by atoms with van der Waals surface area (Å²) in [5.74, 6) is 0.987. The van der Waals surface area contributed by atoms with Crippen LogP contribution in [0, 0.1) is 9.39 Å². The molecule has 2 heterocycles. The second-order valence-electron chi connectivity index (χ2n) is 5.47. The van der Waals surface area contributed by atoms with E-state index in [0.717, 1.165) is 43.0 Å². The Morgan fingerprint density at radius 1 is 1.19 bits per heavy atom. The van der Waals surface area contributed by atoms with Gasteiger partial charge in [-0.25, -0.2) is 9.37 Å². The van der Waals surface area contributed by atoms with Crippen molar-refractivity contribution in [3.05, 3.63) is 27.3 Å². The Hall–Kier alpha value is -0.400. The van der Waals surface area contributed by atoms with Crippen LogP contribution in [0.25, 0.3) is 11.0 Å². The predicted octanol–water partition coefficient (Wildman–Crippen LogP) is 4.00. The van der Waals surface area contributed by atoms with Crippen LogP contribution < -0.4 is 0 Å². The number of aromatic nitrogens is 2. The smallest absolute Gasteiger partial charge is 0.138 e. The monoisotopic (exact) mass is 421 g/mol. The van der Waals surface area contributed by atoms with Crippen molar-refractivity contribution < 1.29 is 4.39 Å². The fourth-order valence-corrected chi connectivity index (χ4v) is 3.60. The molecule has 1 fully saturated rings. The van der Waals surface area contributed by atoms with Gasteiger partial charge in [0.2, 0.25) is 0 Å².